The molecule has 0 fully saturated rings. The number of hydrogen-bond donors (Lipinski definition) is 1. The van der Waals surface area contributed by atoms with Gasteiger partial charge in [-0.05, 0) is 64.1 Å². The fraction of sp³-hybridized carbons (Fsp3) is 0.200. The van der Waals surface area contributed by atoms with Crippen LogP contribution >= 0.6 is 27.3 Å². The molecule has 0 radical (unpaired) electrons. The summed E-state index contributed by atoms with van der Waals surface area (Å²) in [5.74, 6) is 1.79. The maximum Gasteiger partial charge on any atom is 0.262 e. The average molecular weight is 447 g/mol. The van der Waals surface area contributed by atoms with Crippen LogP contribution in [0.4, 0.5) is 0 Å². The fourth-order valence-corrected chi connectivity index (χ4v) is 3.77. The van der Waals surface area contributed by atoms with E-state index in [0.717, 1.165) is 22.2 Å². The summed E-state index contributed by atoms with van der Waals surface area (Å²) in [6.45, 7) is 3.07. The molecule has 1 N–H and O–H groups in total. The molecule has 5 nitrogen and oxygen atoms in total. The summed E-state index contributed by atoms with van der Waals surface area (Å²) in [5.41, 5.74) is 0.796. The van der Waals surface area contributed by atoms with E-state index in [4.69, 9.17) is 9.47 Å². The van der Waals surface area contributed by atoms with Gasteiger partial charge < -0.3 is 14.8 Å². The second-order valence-corrected chi connectivity index (χ2v) is 7.44. The number of aromatic nitrogens is 1. The fourth-order valence-electron chi connectivity index (χ4n) is 2.30. The zero-order chi connectivity index (χ0) is 19.1. The van der Waals surface area contributed by atoms with E-state index in [1.165, 1.54) is 11.3 Å². The predicted octanol–water partition coefficient (Wildman–Crippen LogP) is 5.42. The van der Waals surface area contributed by atoms with Gasteiger partial charge in [-0.3, -0.25) is 4.79 Å². The zero-order valence-electron chi connectivity index (χ0n) is 14.8. The van der Waals surface area contributed by atoms with Crippen LogP contribution in [0.25, 0.3) is 0 Å². The zero-order valence-corrected chi connectivity index (χ0v) is 17.2. The van der Waals surface area contributed by atoms with Crippen molar-refractivity contribution in [2.24, 2.45) is 0 Å². The molecule has 27 heavy (non-hydrogen) atoms. The lowest BCUT2D eigenvalue weighted by molar-refractivity contribution is 0.0954. The van der Waals surface area contributed by atoms with E-state index in [9.17, 15) is 4.79 Å². The Morgan fingerprint density at radius 3 is 2.67 bits per heavy atom. The maximum absolute atomic E-state index is 12.3. The molecule has 2 heterocycles. The smallest absolute Gasteiger partial charge is 0.262 e. The van der Waals surface area contributed by atoms with E-state index in [2.05, 4.69) is 33.2 Å². The third-order valence-electron chi connectivity index (χ3n) is 3.62. The van der Waals surface area contributed by atoms with Crippen molar-refractivity contribution in [2.45, 2.75) is 19.9 Å². The highest BCUT2D eigenvalue weighted by molar-refractivity contribution is 9.10. The molecule has 0 aliphatic carbocycles. The van der Waals surface area contributed by atoms with E-state index < -0.39 is 0 Å². The number of carbonyl (C=O) groups excluding carboxylic acids is 1. The van der Waals surface area contributed by atoms with Gasteiger partial charge >= 0.3 is 0 Å². The Morgan fingerprint density at radius 1 is 1.19 bits per heavy atom. The van der Waals surface area contributed by atoms with Crippen LogP contribution in [0.3, 0.4) is 0 Å². The van der Waals surface area contributed by atoms with Crippen molar-refractivity contribution in [1.82, 2.24) is 10.3 Å². The lowest BCUT2D eigenvalue weighted by Crippen LogP contribution is -2.22. The molecule has 140 valence electrons. The second kappa shape index (κ2) is 9.53. The summed E-state index contributed by atoms with van der Waals surface area (Å²) in [5, 5.41) is 4.77. The molecule has 0 bridgehead atoms. The number of benzene rings is 1. The minimum atomic E-state index is -0.135. The van der Waals surface area contributed by atoms with Crippen molar-refractivity contribution in [3.05, 3.63) is 69.0 Å². The summed E-state index contributed by atoms with van der Waals surface area (Å²) >= 11 is 4.76. The van der Waals surface area contributed by atoms with Crippen LogP contribution in [0.2, 0.25) is 0 Å². The Balaban J connectivity index is 1.65. The SMILES string of the molecule is CCCOc1ccc(Oc2ncccc2CNC(=O)c2sccc2Br)cc1. The summed E-state index contributed by atoms with van der Waals surface area (Å²) in [4.78, 5) is 17.2. The van der Waals surface area contributed by atoms with E-state index in [0.29, 0.717) is 29.7 Å². The van der Waals surface area contributed by atoms with Gasteiger partial charge in [0.25, 0.3) is 5.91 Å². The third kappa shape index (κ3) is 5.30. The van der Waals surface area contributed by atoms with Crippen molar-refractivity contribution in [2.75, 3.05) is 6.61 Å². The molecule has 2 aromatic heterocycles. The van der Waals surface area contributed by atoms with Crippen molar-refractivity contribution in [3.8, 4) is 17.4 Å². The van der Waals surface area contributed by atoms with Crippen LogP contribution < -0.4 is 14.8 Å². The van der Waals surface area contributed by atoms with E-state index >= 15 is 0 Å². The summed E-state index contributed by atoms with van der Waals surface area (Å²) < 4.78 is 12.3. The van der Waals surface area contributed by atoms with Crippen LogP contribution in [-0.4, -0.2) is 17.5 Å². The highest BCUT2D eigenvalue weighted by Gasteiger charge is 2.13. The third-order valence-corrected chi connectivity index (χ3v) is 5.46. The normalized spacial score (nSPS) is 10.4. The number of ether oxygens (including phenoxy) is 2. The molecular formula is C20H19BrN2O3S. The molecule has 1 amide bonds. The van der Waals surface area contributed by atoms with Gasteiger partial charge in [-0.15, -0.1) is 11.3 Å². The van der Waals surface area contributed by atoms with Crippen LogP contribution in [0.15, 0.2) is 58.5 Å². The number of carbonyl (C=O) groups is 1. The average Bonchev–Trinajstić information content (AvgIpc) is 3.12. The molecule has 3 aromatic rings. The van der Waals surface area contributed by atoms with E-state index in [1.807, 2.05) is 47.8 Å². The first-order chi connectivity index (χ1) is 13.2. The highest BCUT2D eigenvalue weighted by Crippen LogP contribution is 2.26. The number of amides is 1. The van der Waals surface area contributed by atoms with Crippen LogP contribution in [0.5, 0.6) is 17.4 Å². The predicted molar refractivity (Wildman–Crippen MR) is 110 cm³/mol. The number of rotatable bonds is 8. The number of halogens is 1. The van der Waals surface area contributed by atoms with Crippen molar-refractivity contribution < 1.29 is 14.3 Å². The van der Waals surface area contributed by atoms with Gasteiger partial charge in [0.15, 0.2) is 0 Å². The molecule has 7 heteroatoms. The maximum atomic E-state index is 12.3. The van der Waals surface area contributed by atoms with Gasteiger partial charge in [-0.2, -0.15) is 0 Å². The lowest BCUT2D eigenvalue weighted by atomic mass is 10.2. The van der Waals surface area contributed by atoms with E-state index in [1.54, 1.807) is 6.20 Å². The molecule has 0 saturated carbocycles. The number of pyridine rings is 1. The van der Waals surface area contributed by atoms with E-state index in [-0.39, 0.29) is 5.91 Å². The number of thiophene rings is 1. The van der Waals surface area contributed by atoms with Crippen molar-refractivity contribution in [1.29, 1.82) is 0 Å². The Kier molecular flexibility index (Phi) is 6.84. The first-order valence-corrected chi connectivity index (χ1v) is 10.2. The topological polar surface area (TPSA) is 60.5 Å². The number of nitrogens with one attached hydrogen (secondary N) is 1. The second-order valence-electron chi connectivity index (χ2n) is 5.67. The molecule has 3 rings (SSSR count). The Morgan fingerprint density at radius 2 is 1.96 bits per heavy atom. The van der Waals surface area contributed by atoms with Crippen LogP contribution in [0.1, 0.15) is 28.6 Å². The largest absolute Gasteiger partial charge is 0.494 e. The molecule has 0 unspecified atom stereocenters. The summed E-state index contributed by atoms with van der Waals surface area (Å²) in [7, 11) is 0. The van der Waals surface area contributed by atoms with Crippen molar-refractivity contribution >= 4 is 33.2 Å². The lowest BCUT2D eigenvalue weighted by Gasteiger charge is -2.11. The molecular weight excluding hydrogens is 428 g/mol. The van der Waals surface area contributed by atoms with Gasteiger partial charge in [-0.1, -0.05) is 13.0 Å². The molecule has 0 atom stereocenters. The molecule has 0 spiro atoms. The molecule has 0 saturated heterocycles. The first-order valence-electron chi connectivity index (χ1n) is 8.53. The van der Waals surface area contributed by atoms with Crippen LogP contribution in [-0.2, 0) is 6.54 Å². The Bertz CT molecular complexity index is 896. The molecule has 0 aliphatic heterocycles. The van der Waals surface area contributed by atoms with Crippen LogP contribution in [0, 0.1) is 0 Å². The minimum Gasteiger partial charge on any atom is -0.494 e. The van der Waals surface area contributed by atoms with Gasteiger partial charge in [0.05, 0.1) is 6.61 Å². The summed E-state index contributed by atoms with van der Waals surface area (Å²) in [6, 6.07) is 13.0. The van der Waals surface area contributed by atoms with Gasteiger partial charge in [0.1, 0.15) is 16.4 Å². The van der Waals surface area contributed by atoms with Gasteiger partial charge in [0.2, 0.25) is 5.88 Å². The van der Waals surface area contributed by atoms with Gasteiger partial charge in [-0.25, -0.2) is 4.98 Å². The number of hydrogen-bond acceptors (Lipinski definition) is 5. The minimum absolute atomic E-state index is 0.135. The number of nitrogens with zero attached hydrogens (tertiary/aromatic N) is 1. The first kappa shape index (κ1) is 19.4. The standard InChI is InChI=1S/C20H19BrN2O3S/c1-2-11-25-15-5-7-16(8-6-15)26-20-14(4-3-10-22-20)13-23-19(24)18-17(21)9-12-27-18/h3-10,12H,2,11,13H2,1H3,(H,23,24). The summed E-state index contributed by atoms with van der Waals surface area (Å²) in [6.07, 6.45) is 2.62. The monoisotopic (exact) mass is 446 g/mol. The molecule has 1 aromatic carbocycles. The molecule has 0 aliphatic rings. The Hall–Kier alpha value is -2.38. The highest BCUT2D eigenvalue weighted by atomic mass is 79.9. The van der Waals surface area contributed by atoms with Crippen molar-refractivity contribution in [3.63, 3.8) is 0 Å². The Labute approximate surface area is 170 Å². The quantitative estimate of drug-likeness (QED) is 0.501. The van der Waals surface area contributed by atoms with Gasteiger partial charge in [0, 0.05) is 22.8 Å².